The predicted octanol–water partition coefficient (Wildman–Crippen LogP) is 0.530. The third-order valence-electron chi connectivity index (χ3n) is 2.93. The van der Waals surface area contributed by atoms with Crippen molar-refractivity contribution in [2.45, 2.75) is 12.8 Å². The third-order valence-corrected chi connectivity index (χ3v) is 2.93. The van der Waals surface area contributed by atoms with Crippen LogP contribution in [-0.4, -0.2) is 36.1 Å². The Balaban J connectivity index is 2.03. The van der Waals surface area contributed by atoms with Crippen LogP contribution >= 0.6 is 0 Å². The maximum atomic E-state index is 12.1. The predicted molar refractivity (Wildman–Crippen MR) is 75.0 cm³/mol. The fraction of sp³-hybridized carbons (Fsp3) is 0.308. The molecule has 0 aromatic heterocycles. The monoisotopic (exact) mass is 259 g/mol. The summed E-state index contributed by atoms with van der Waals surface area (Å²) in [5, 5.41) is 7.22. The van der Waals surface area contributed by atoms with Gasteiger partial charge in [-0.25, -0.2) is 0 Å². The van der Waals surface area contributed by atoms with Gasteiger partial charge in [0.2, 0.25) is 5.96 Å². The van der Waals surface area contributed by atoms with Crippen LogP contribution in [0.2, 0.25) is 0 Å². The van der Waals surface area contributed by atoms with E-state index in [1.165, 1.54) is 6.21 Å². The number of benzene rings is 1. The summed E-state index contributed by atoms with van der Waals surface area (Å²) in [6.45, 7) is 1.71. The minimum absolute atomic E-state index is 0.0860. The first-order chi connectivity index (χ1) is 9.16. The van der Waals surface area contributed by atoms with Gasteiger partial charge in [-0.15, -0.1) is 5.10 Å². The van der Waals surface area contributed by atoms with Crippen molar-refractivity contribution < 1.29 is 4.79 Å². The van der Waals surface area contributed by atoms with Gasteiger partial charge in [-0.05, 0) is 30.5 Å². The van der Waals surface area contributed by atoms with Crippen LogP contribution < -0.4 is 11.5 Å². The molecule has 1 aliphatic rings. The molecular formula is C13H17N5O. The van der Waals surface area contributed by atoms with E-state index in [1.54, 1.807) is 12.1 Å². The summed E-state index contributed by atoms with van der Waals surface area (Å²) >= 11 is 0. The molecule has 1 fully saturated rings. The molecule has 6 nitrogen and oxygen atoms in total. The Kier molecular flexibility index (Phi) is 4.12. The first-order valence-corrected chi connectivity index (χ1v) is 6.18. The first-order valence-electron chi connectivity index (χ1n) is 6.18. The average molecular weight is 259 g/mol. The van der Waals surface area contributed by atoms with Crippen molar-refractivity contribution in [1.29, 1.82) is 0 Å². The van der Waals surface area contributed by atoms with Gasteiger partial charge < -0.3 is 16.4 Å². The summed E-state index contributed by atoms with van der Waals surface area (Å²) in [4.78, 5) is 14.0. The maximum absolute atomic E-state index is 12.1. The van der Waals surface area contributed by atoms with Crippen molar-refractivity contribution in [2.24, 2.45) is 21.7 Å². The summed E-state index contributed by atoms with van der Waals surface area (Å²) in [5.41, 5.74) is 11.8. The highest BCUT2D eigenvalue weighted by Crippen LogP contribution is 2.13. The molecule has 0 aliphatic carbocycles. The summed E-state index contributed by atoms with van der Waals surface area (Å²) in [5.74, 6) is 0.00212. The lowest BCUT2D eigenvalue weighted by atomic mass is 10.1. The Morgan fingerprint density at radius 3 is 2.37 bits per heavy atom. The Labute approximate surface area is 111 Å². The van der Waals surface area contributed by atoms with Crippen LogP contribution in [0.1, 0.15) is 28.8 Å². The number of amides is 1. The number of nitrogens with zero attached hydrogens (tertiary/aromatic N) is 3. The lowest BCUT2D eigenvalue weighted by molar-refractivity contribution is 0.0793. The minimum Gasteiger partial charge on any atom is -0.369 e. The second-order valence-corrected chi connectivity index (χ2v) is 4.39. The summed E-state index contributed by atoms with van der Waals surface area (Å²) < 4.78 is 0. The Morgan fingerprint density at radius 1 is 1.16 bits per heavy atom. The van der Waals surface area contributed by atoms with E-state index in [0.717, 1.165) is 31.5 Å². The number of hydrogen-bond acceptors (Lipinski definition) is 3. The van der Waals surface area contributed by atoms with Gasteiger partial charge in [-0.3, -0.25) is 4.79 Å². The van der Waals surface area contributed by atoms with Crippen LogP contribution in [0.5, 0.6) is 0 Å². The summed E-state index contributed by atoms with van der Waals surface area (Å²) in [7, 11) is 0. The molecule has 1 saturated heterocycles. The Morgan fingerprint density at radius 2 is 1.79 bits per heavy atom. The standard InChI is InChI=1S/C13H17N5O/c14-13(15)17-16-9-10-3-5-11(6-4-10)12(19)18-7-1-2-8-18/h3-6,9H,1-2,7-8H2,(H4,14,15,17). The molecule has 100 valence electrons. The van der Waals surface area contributed by atoms with Gasteiger partial charge in [-0.1, -0.05) is 12.1 Å². The fourth-order valence-corrected chi connectivity index (χ4v) is 1.98. The van der Waals surface area contributed by atoms with E-state index >= 15 is 0 Å². The van der Waals surface area contributed by atoms with Crippen LogP contribution in [0, 0.1) is 0 Å². The second-order valence-electron chi connectivity index (χ2n) is 4.39. The van der Waals surface area contributed by atoms with E-state index in [2.05, 4.69) is 10.2 Å². The molecular weight excluding hydrogens is 242 g/mol. The van der Waals surface area contributed by atoms with Crippen molar-refractivity contribution >= 4 is 18.1 Å². The normalized spacial score (nSPS) is 14.8. The van der Waals surface area contributed by atoms with Crippen LogP contribution in [0.15, 0.2) is 34.5 Å². The number of carbonyl (C=O) groups excluding carboxylic acids is 1. The van der Waals surface area contributed by atoms with Gasteiger partial charge in [0, 0.05) is 18.7 Å². The van der Waals surface area contributed by atoms with Crippen molar-refractivity contribution in [3.05, 3.63) is 35.4 Å². The molecule has 19 heavy (non-hydrogen) atoms. The van der Waals surface area contributed by atoms with E-state index in [4.69, 9.17) is 11.5 Å². The quantitative estimate of drug-likeness (QED) is 0.470. The van der Waals surface area contributed by atoms with Gasteiger partial charge >= 0.3 is 0 Å². The van der Waals surface area contributed by atoms with Crippen LogP contribution in [0.3, 0.4) is 0 Å². The molecule has 1 amide bonds. The molecule has 1 aromatic rings. The molecule has 0 spiro atoms. The average Bonchev–Trinajstić information content (AvgIpc) is 2.92. The molecule has 1 aliphatic heterocycles. The molecule has 4 N–H and O–H groups in total. The van der Waals surface area contributed by atoms with Crippen LogP contribution in [0.25, 0.3) is 0 Å². The van der Waals surface area contributed by atoms with Gasteiger partial charge in [0.25, 0.3) is 5.91 Å². The number of likely N-dealkylation sites (tertiary alicyclic amines) is 1. The minimum atomic E-state index is -0.0860. The zero-order chi connectivity index (χ0) is 13.7. The Bertz CT molecular complexity index is 496. The van der Waals surface area contributed by atoms with Gasteiger partial charge in [0.05, 0.1) is 6.21 Å². The van der Waals surface area contributed by atoms with E-state index in [9.17, 15) is 4.79 Å². The Hall–Kier alpha value is -2.37. The van der Waals surface area contributed by atoms with Crippen molar-refractivity contribution in [2.75, 3.05) is 13.1 Å². The van der Waals surface area contributed by atoms with E-state index in [-0.39, 0.29) is 11.9 Å². The molecule has 0 bridgehead atoms. The molecule has 0 saturated carbocycles. The molecule has 0 unspecified atom stereocenters. The van der Waals surface area contributed by atoms with Crippen LogP contribution in [-0.2, 0) is 0 Å². The van der Waals surface area contributed by atoms with E-state index < -0.39 is 0 Å². The largest absolute Gasteiger partial charge is 0.369 e. The zero-order valence-corrected chi connectivity index (χ0v) is 10.6. The van der Waals surface area contributed by atoms with Crippen molar-refractivity contribution in [3.63, 3.8) is 0 Å². The molecule has 6 heteroatoms. The molecule has 2 rings (SSSR count). The highest BCUT2D eigenvalue weighted by atomic mass is 16.2. The maximum Gasteiger partial charge on any atom is 0.253 e. The highest BCUT2D eigenvalue weighted by molar-refractivity contribution is 5.95. The summed E-state index contributed by atoms with van der Waals surface area (Å²) in [6.07, 6.45) is 3.72. The second kappa shape index (κ2) is 5.99. The number of guanidine groups is 1. The third kappa shape index (κ3) is 3.54. The topological polar surface area (TPSA) is 97.1 Å². The lowest BCUT2D eigenvalue weighted by Gasteiger charge is -2.14. The van der Waals surface area contributed by atoms with E-state index in [0.29, 0.717) is 5.56 Å². The lowest BCUT2D eigenvalue weighted by Crippen LogP contribution is -2.27. The highest BCUT2D eigenvalue weighted by Gasteiger charge is 2.18. The smallest absolute Gasteiger partial charge is 0.253 e. The number of carbonyl (C=O) groups is 1. The van der Waals surface area contributed by atoms with Gasteiger partial charge in [-0.2, -0.15) is 5.10 Å². The number of nitrogens with two attached hydrogens (primary N) is 2. The molecule has 0 atom stereocenters. The van der Waals surface area contributed by atoms with Gasteiger partial charge in [0.1, 0.15) is 0 Å². The number of hydrogen-bond donors (Lipinski definition) is 2. The molecule has 0 radical (unpaired) electrons. The van der Waals surface area contributed by atoms with Gasteiger partial charge in [0.15, 0.2) is 0 Å². The first kappa shape index (κ1) is 13.1. The van der Waals surface area contributed by atoms with Crippen molar-refractivity contribution in [1.82, 2.24) is 4.90 Å². The van der Waals surface area contributed by atoms with Crippen molar-refractivity contribution in [3.8, 4) is 0 Å². The van der Waals surface area contributed by atoms with Crippen LogP contribution in [0.4, 0.5) is 0 Å². The number of rotatable bonds is 3. The molecule has 1 heterocycles. The fourth-order valence-electron chi connectivity index (χ4n) is 1.98. The molecule has 1 aromatic carbocycles. The summed E-state index contributed by atoms with van der Waals surface area (Å²) in [6, 6.07) is 7.21. The van der Waals surface area contributed by atoms with E-state index in [1.807, 2.05) is 17.0 Å². The SMILES string of the molecule is NC(N)=NN=Cc1ccc(C(=O)N2CCCC2)cc1. The zero-order valence-electron chi connectivity index (χ0n) is 10.6.